The smallest absolute Gasteiger partial charge is 0.325 e. The van der Waals surface area contributed by atoms with Gasteiger partial charge in [-0.3, -0.25) is 4.79 Å². The maximum atomic E-state index is 12.1. The largest absolute Gasteiger partial charge is 0.480 e. The van der Waals surface area contributed by atoms with Gasteiger partial charge in [0.05, 0.1) is 0 Å². The Balaban J connectivity index is 1.93. The summed E-state index contributed by atoms with van der Waals surface area (Å²) in [6.07, 6.45) is 7.06. The second-order valence-corrected chi connectivity index (χ2v) is 5.46. The molecule has 0 spiro atoms. The second kappa shape index (κ2) is 5.59. The number of amides is 2. The number of carboxylic acid groups (broad SMARTS) is 1. The molecule has 5 nitrogen and oxygen atoms in total. The van der Waals surface area contributed by atoms with Gasteiger partial charge < -0.3 is 15.3 Å². The summed E-state index contributed by atoms with van der Waals surface area (Å²) in [5.41, 5.74) is 0. The molecule has 1 aliphatic carbocycles. The molecule has 2 amide bonds. The van der Waals surface area contributed by atoms with Crippen molar-refractivity contribution in [1.29, 1.82) is 0 Å². The summed E-state index contributed by atoms with van der Waals surface area (Å²) in [4.78, 5) is 24.7. The van der Waals surface area contributed by atoms with Crippen molar-refractivity contribution < 1.29 is 14.7 Å². The molecule has 0 radical (unpaired) electrons. The molecule has 0 aromatic rings. The third kappa shape index (κ3) is 2.76. The molecule has 0 bridgehead atoms. The van der Waals surface area contributed by atoms with Crippen LogP contribution in [0.4, 0.5) is 4.79 Å². The Morgan fingerprint density at radius 2 is 1.89 bits per heavy atom. The standard InChI is InChI=1S/C13H22N2O3/c1-9(12(16)17)14-13(18)15-8-4-7-11(15)10-5-2-3-6-10/h9-11H,2-8H2,1H3,(H,14,18)(H,16,17)/t9-,11?/m1/s1. The van der Waals surface area contributed by atoms with Crippen molar-refractivity contribution in [2.24, 2.45) is 5.92 Å². The van der Waals surface area contributed by atoms with E-state index in [-0.39, 0.29) is 6.03 Å². The Kier molecular flexibility index (Phi) is 4.09. The number of hydrogen-bond acceptors (Lipinski definition) is 2. The molecular formula is C13H22N2O3. The van der Waals surface area contributed by atoms with E-state index in [4.69, 9.17) is 5.11 Å². The van der Waals surface area contributed by atoms with Crippen LogP contribution in [0.25, 0.3) is 0 Å². The van der Waals surface area contributed by atoms with Crippen molar-refractivity contribution in [2.75, 3.05) is 6.54 Å². The van der Waals surface area contributed by atoms with Gasteiger partial charge in [0.25, 0.3) is 0 Å². The zero-order valence-electron chi connectivity index (χ0n) is 10.9. The molecule has 102 valence electrons. The number of carbonyl (C=O) groups excluding carboxylic acids is 1. The van der Waals surface area contributed by atoms with Gasteiger partial charge >= 0.3 is 12.0 Å². The molecule has 0 aromatic heterocycles. The van der Waals surface area contributed by atoms with Crippen LogP contribution >= 0.6 is 0 Å². The van der Waals surface area contributed by atoms with Gasteiger partial charge in [0.2, 0.25) is 0 Å². The van der Waals surface area contributed by atoms with E-state index in [1.807, 2.05) is 4.90 Å². The number of nitrogens with one attached hydrogen (secondary N) is 1. The predicted octanol–water partition coefficient (Wildman–Crippen LogP) is 1.82. The van der Waals surface area contributed by atoms with Gasteiger partial charge in [-0.1, -0.05) is 12.8 Å². The number of carboxylic acids is 1. The van der Waals surface area contributed by atoms with E-state index in [9.17, 15) is 9.59 Å². The predicted molar refractivity (Wildman–Crippen MR) is 67.3 cm³/mol. The number of carbonyl (C=O) groups is 2. The SMILES string of the molecule is C[C@@H](NC(=O)N1CCCC1C1CCCC1)C(=O)O. The topological polar surface area (TPSA) is 69.6 Å². The van der Waals surface area contributed by atoms with Gasteiger partial charge in [-0.15, -0.1) is 0 Å². The number of nitrogens with zero attached hydrogens (tertiary/aromatic N) is 1. The van der Waals surface area contributed by atoms with Crippen molar-refractivity contribution in [2.45, 2.75) is 57.5 Å². The van der Waals surface area contributed by atoms with Crippen molar-refractivity contribution in [1.82, 2.24) is 10.2 Å². The number of urea groups is 1. The van der Waals surface area contributed by atoms with Gasteiger partial charge in [-0.2, -0.15) is 0 Å². The Morgan fingerprint density at radius 1 is 1.22 bits per heavy atom. The van der Waals surface area contributed by atoms with Crippen LogP contribution in [0.1, 0.15) is 45.4 Å². The lowest BCUT2D eigenvalue weighted by atomic mass is 9.96. The molecule has 1 heterocycles. The highest BCUT2D eigenvalue weighted by molar-refractivity contribution is 5.82. The highest BCUT2D eigenvalue weighted by atomic mass is 16.4. The number of likely N-dealkylation sites (tertiary alicyclic amines) is 1. The number of aliphatic carboxylic acids is 1. The minimum absolute atomic E-state index is 0.209. The van der Waals surface area contributed by atoms with Crippen molar-refractivity contribution in [3.63, 3.8) is 0 Å². The summed E-state index contributed by atoms with van der Waals surface area (Å²) in [6, 6.07) is -0.699. The Hall–Kier alpha value is -1.26. The van der Waals surface area contributed by atoms with Crippen LogP contribution in [0.15, 0.2) is 0 Å². The van der Waals surface area contributed by atoms with Crippen LogP contribution < -0.4 is 5.32 Å². The van der Waals surface area contributed by atoms with Gasteiger partial charge in [0.15, 0.2) is 0 Å². The Bertz CT molecular complexity index is 326. The summed E-state index contributed by atoms with van der Waals surface area (Å²) in [6.45, 7) is 2.26. The molecule has 2 aliphatic rings. The zero-order chi connectivity index (χ0) is 13.1. The van der Waals surface area contributed by atoms with E-state index in [2.05, 4.69) is 5.32 Å². The quantitative estimate of drug-likeness (QED) is 0.807. The van der Waals surface area contributed by atoms with Crippen LogP contribution in [0.3, 0.4) is 0 Å². The van der Waals surface area contributed by atoms with Gasteiger partial charge in [-0.25, -0.2) is 4.79 Å². The lowest BCUT2D eigenvalue weighted by molar-refractivity contribution is -0.138. The summed E-state index contributed by atoms with van der Waals surface area (Å²) in [7, 11) is 0. The molecule has 1 aliphatic heterocycles. The van der Waals surface area contributed by atoms with Crippen molar-refractivity contribution >= 4 is 12.0 Å². The first kappa shape index (κ1) is 13.2. The average molecular weight is 254 g/mol. The fraction of sp³-hybridized carbons (Fsp3) is 0.846. The first-order valence-corrected chi connectivity index (χ1v) is 6.89. The minimum Gasteiger partial charge on any atom is -0.480 e. The molecule has 1 saturated carbocycles. The first-order valence-electron chi connectivity index (χ1n) is 6.89. The Labute approximate surface area is 108 Å². The summed E-state index contributed by atoms with van der Waals surface area (Å²) in [5.74, 6) is -0.363. The van der Waals surface area contributed by atoms with Crippen molar-refractivity contribution in [3.05, 3.63) is 0 Å². The molecule has 18 heavy (non-hydrogen) atoms. The number of rotatable bonds is 3. The van der Waals surface area contributed by atoms with E-state index in [0.717, 1.165) is 19.4 Å². The summed E-state index contributed by atoms with van der Waals surface area (Å²) in [5, 5.41) is 11.4. The summed E-state index contributed by atoms with van der Waals surface area (Å²) >= 11 is 0. The molecule has 2 atom stereocenters. The van der Waals surface area contributed by atoms with Crippen molar-refractivity contribution in [3.8, 4) is 0 Å². The lowest BCUT2D eigenvalue weighted by Crippen LogP contribution is -2.49. The van der Waals surface area contributed by atoms with E-state index in [1.54, 1.807) is 0 Å². The normalized spacial score (nSPS) is 26.3. The van der Waals surface area contributed by atoms with Crippen LogP contribution in [0.5, 0.6) is 0 Å². The minimum atomic E-state index is -0.986. The van der Waals surface area contributed by atoms with Gasteiger partial charge in [-0.05, 0) is 38.5 Å². The van der Waals surface area contributed by atoms with E-state index >= 15 is 0 Å². The van der Waals surface area contributed by atoms with Gasteiger partial charge in [0, 0.05) is 12.6 Å². The van der Waals surface area contributed by atoms with E-state index < -0.39 is 12.0 Å². The van der Waals surface area contributed by atoms with Crippen LogP contribution in [0.2, 0.25) is 0 Å². The molecule has 2 N–H and O–H groups in total. The van der Waals surface area contributed by atoms with E-state index in [0.29, 0.717) is 12.0 Å². The fourth-order valence-corrected chi connectivity index (χ4v) is 3.21. The maximum Gasteiger partial charge on any atom is 0.325 e. The third-order valence-corrected chi connectivity index (χ3v) is 4.21. The van der Waals surface area contributed by atoms with Crippen LogP contribution in [0, 0.1) is 5.92 Å². The summed E-state index contributed by atoms with van der Waals surface area (Å²) < 4.78 is 0. The molecule has 0 aromatic carbocycles. The monoisotopic (exact) mass is 254 g/mol. The second-order valence-electron chi connectivity index (χ2n) is 5.46. The molecular weight excluding hydrogens is 232 g/mol. The zero-order valence-corrected chi connectivity index (χ0v) is 10.9. The third-order valence-electron chi connectivity index (χ3n) is 4.21. The van der Waals surface area contributed by atoms with E-state index in [1.165, 1.54) is 32.6 Å². The number of hydrogen-bond donors (Lipinski definition) is 2. The molecule has 1 saturated heterocycles. The average Bonchev–Trinajstić information content (AvgIpc) is 2.99. The molecule has 2 rings (SSSR count). The highest BCUT2D eigenvalue weighted by Crippen LogP contribution is 2.35. The lowest BCUT2D eigenvalue weighted by Gasteiger charge is -2.30. The van der Waals surface area contributed by atoms with Crippen LogP contribution in [-0.4, -0.2) is 40.6 Å². The van der Waals surface area contributed by atoms with Crippen LogP contribution in [-0.2, 0) is 4.79 Å². The molecule has 5 heteroatoms. The van der Waals surface area contributed by atoms with Gasteiger partial charge in [0.1, 0.15) is 6.04 Å². The fourth-order valence-electron chi connectivity index (χ4n) is 3.21. The highest BCUT2D eigenvalue weighted by Gasteiger charge is 2.36. The molecule has 1 unspecified atom stereocenters. The molecule has 2 fully saturated rings. The maximum absolute atomic E-state index is 12.1. The Morgan fingerprint density at radius 3 is 2.50 bits per heavy atom. The first-order chi connectivity index (χ1) is 8.59.